The highest BCUT2D eigenvalue weighted by molar-refractivity contribution is 5.99. The highest BCUT2D eigenvalue weighted by atomic mass is 16.6. The van der Waals surface area contributed by atoms with E-state index >= 15 is 0 Å². The molecule has 0 fully saturated rings. The molecule has 2 aromatic carbocycles. The van der Waals surface area contributed by atoms with Crippen LogP contribution in [0.15, 0.2) is 47.6 Å². The number of nitrogens with zero attached hydrogens (tertiary/aromatic N) is 2. The first-order valence-corrected chi connectivity index (χ1v) is 6.95. The maximum atomic E-state index is 10.6. The number of benzene rings is 2. The fourth-order valence-corrected chi connectivity index (χ4v) is 2.19. The molecule has 0 heterocycles. The molecule has 5 nitrogen and oxygen atoms in total. The van der Waals surface area contributed by atoms with Crippen LogP contribution in [0.3, 0.4) is 0 Å². The topological polar surface area (TPSA) is 64.7 Å². The second-order valence-corrected chi connectivity index (χ2v) is 5.19. The number of nitro groups is 1. The summed E-state index contributed by atoms with van der Waals surface area (Å²) in [5.74, 6) is 0. The van der Waals surface area contributed by atoms with Crippen LogP contribution in [0.4, 0.5) is 5.69 Å². The van der Waals surface area contributed by atoms with Crippen molar-refractivity contribution in [3.63, 3.8) is 0 Å². The Morgan fingerprint density at radius 3 is 2.45 bits per heavy atom. The molecule has 2 aromatic rings. The summed E-state index contributed by atoms with van der Waals surface area (Å²) in [6.07, 6.45) is 0. The van der Waals surface area contributed by atoms with Crippen molar-refractivity contribution in [2.24, 2.45) is 5.16 Å². The van der Waals surface area contributed by atoms with Crippen molar-refractivity contribution in [1.82, 2.24) is 0 Å². The van der Waals surface area contributed by atoms with Gasteiger partial charge < -0.3 is 4.84 Å². The van der Waals surface area contributed by atoms with Crippen molar-refractivity contribution < 1.29 is 9.76 Å². The van der Waals surface area contributed by atoms with Gasteiger partial charge in [-0.1, -0.05) is 28.9 Å². The Labute approximate surface area is 129 Å². The van der Waals surface area contributed by atoms with Crippen LogP contribution >= 0.6 is 0 Å². The SMILES string of the molecule is C/C(=N\OCc1ccc([N+](=O)[O-])cc1)c1ccc(C)cc1C. The van der Waals surface area contributed by atoms with Crippen LogP contribution in [-0.4, -0.2) is 10.6 Å². The molecule has 0 saturated heterocycles. The van der Waals surface area contributed by atoms with Gasteiger partial charge in [-0.2, -0.15) is 0 Å². The summed E-state index contributed by atoms with van der Waals surface area (Å²) in [4.78, 5) is 15.5. The van der Waals surface area contributed by atoms with Crippen LogP contribution in [-0.2, 0) is 11.4 Å². The molecule has 0 spiro atoms. The van der Waals surface area contributed by atoms with Gasteiger partial charge in [0.15, 0.2) is 0 Å². The Balaban J connectivity index is 2.00. The molecule has 0 radical (unpaired) electrons. The maximum Gasteiger partial charge on any atom is 0.269 e. The van der Waals surface area contributed by atoms with E-state index in [-0.39, 0.29) is 12.3 Å². The summed E-state index contributed by atoms with van der Waals surface area (Å²) >= 11 is 0. The zero-order valence-corrected chi connectivity index (χ0v) is 12.9. The number of aryl methyl sites for hydroxylation is 2. The zero-order chi connectivity index (χ0) is 16.1. The predicted octanol–water partition coefficient (Wildman–Crippen LogP) is 4.15. The Morgan fingerprint density at radius 1 is 1.18 bits per heavy atom. The minimum atomic E-state index is -0.424. The number of nitro benzene ring substituents is 1. The number of rotatable bonds is 5. The lowest BCUT2D eigenvalue weighted by Gasteiger charge is -2.07. The zero-order valence-electron chi connectivity index (χ0n) is 12.9. The smallest absolute Gasteiger partial charge is 0.269 e. The second-order valence-electron chi connectivity index (χ2n) is 5.19. The van der Waals surface area contributed by atoms with Gasteiger partial charge in [-0.05, 0) is 44.0 Å². The van der Waals surface area contributed by atoms with Gasteiger partial charge in [0, 0.05) is 17.7 Å². The molecule has 0 atom stereocenters. The number of oxime groups is 1. The molecule has 0 unspecified atom stereocenters. The molecule has 0 saturated carbocycles. The van der Waals surface area contributed by atoms with Crippen molar-refractivity contribution in [3.8, 4) is 0 Å². The molecular formula is C17H18N2O3. The Morgan fingerprint density at radius 2 is 1.86 bits per heavy atom. The quantitative estimate of drug-likeness (QED) is 0.473. The van der Waals surface area contributed by atoms with Crippen LogP contribution in [0.25, 0.3) is 0 Å². The number of hydrogen-bond donors (Lipinski definition) is 0. The first kappa shape index (κ1) is 15.7. The minimum Gasteiger partial charge on any atom is -0.391 e. The third-order valence-electron chi connectivity index (χ3n) is 3.35. The Hall–Kier alpha value is -2.69. The van der Waals surface area contributed by atoms with Crippen LogP contribution in [0.1, 0.15) is 29.2 Å². The van der Waals surface area contributed by atoms with E-state index in [4.69, 9.17) is 4.84 Å². The van der Waals surface area contributed by atoms with E-state index in [9.17, 15) is 10.1 Å². The Bertz CT molecular complexity index is 706. The minimum absolute atomic E-state index is 0.0683. The summed E-state index contributed by atoms with van der Waals surface area (Å²) < 4.78 is 0. The first-order valence-electron chi connectivity index (χ1n) is 6.95. The summed E-state index contributed by atoms with van der Waals surface area (Å²) in [6.45, 7) is 6.26. The van der Waals surface area contributed by atoms with Crippen molar-refractivity contribution in [2.75, 3.05) is 0 Å². The predicted molar refractivity (Wildman–Crippen MR) is 86.0 cm³/mol. The second kappa shape index (κ2) is 6.85. The molecule has 114 valence electrons. The fourth-order valence-electron chi connectivity index (χ4n) is 2.19. The van der Waals surface area contributed by atoms with Crippen LogP contribution < -0.4 is 0 Å². The molecule has 0 aliphatic heterocycles. The largest absolute Gasteiger partial charge is 0.391 e. The van der Waals surface area contributed by atoms with E-state index in [0.717, 1.165) is 22.4 Å². The van der Waals surface area contributed by atoms with Gasteiger partial charge in [0.05, 0.1) is 10.6 Å². The maximum absolute atomic E-state index is 10.6. The van der Waals surface area contributed by atoms with Crippen LogP contribution in [0, 0.1) is 24.0 Å². The molecule has 0 bridgehead atoms. The lowest BCUT2D eigenvalue weighted by atomic mass is 10.0. The number of non-ortho nitro benzene ring substituents is 1. The first-order chi connectivity index (χ1) is 10.5. The molecular weight excluding hydrogens is 280 g/mol. The average Bonchev–Trinajstić information content (AvgIpc) is 2.47. The van der Waals surface area contributed by atoms with Crippen molar-refractivity contribution >= 4 is 11.4 Å². The van der Waals surface area contributed by atoms with Gasteiger partial charge in [0.1, 0.15) is 6.61 Å². The van der Waals surface area contributed by atoms with Gasteiger partial charge >= 0.3 is 0 Å². The van der Waals surface area contributed by atoms with Crippen LogP contribution in [0.2, 0.25) is 0 Å². The van der Waals surface area contributed by atoms with Crippen molar-refractivity contribution in [1.29, 1.82) is 0 Å². The lowest BCUT2D eigenvalue weighted by Crippen LogP contribution is -2.00. The van der Waals surface area contributed by atoms with Crippen LogP contribution in [0.5, 0.6) is 0 Å². The van der Waals surface area contributed by atoms with Gasteiger partial charge in [-0.3, -0.25) is 10.1 Å². The molecule has 22 heavy (non-hydrogen) atoms. The van der Waals surface area contributed by atoms with E-state index in [1.165, 1.54) is 17.7 Å². The molecule has 5 heteroatoms. The van der Waals surface area contributed by atoms with Gasteiger partial charge in [0.2, 0.25) is 0 Å². The highest BCUT2D eigenvalue weighted by Crippen LogP contribution is 2.14. The van der Waals surface area contributed by atoms with E-state index in [2.05, 4.69) is 11.2 Å². The van der Waals surface area contributed by atoms with Crippen molar-refractivity contribution in [2.45, 2.75) is 27.4 Å². The van der Waals surface area contributed by atoms with Crippen molar-refractivity contribution in [3.05, 3.63) is 74.8 Å². The summed E-state index contributed by atoms with van der Waals surface area (Å²) in [5.41, 5.74) is 5.12. The highest BCUT2D eigenvalue weighted by Gasteiger charge is 2.05. The summed E-state index contributed by atoms with van der Waals surface area (Å²) in [6, 6.07) is 12.4. The number of hydrogen-bond acceptors (Lipinski definition) is 4. The monoisotopic (exact) mass is 298 g/mol. The van der Waals surface area contributed by atoms with E-state index in [1.54, 1.807) is 12.1 Å². The molecule has 0 aromatic heterocycles. The third kappa shape index (κ3) is 3.91. The van der Waals surface area contributed by atoms with Gasteiger partial charge in [-0.25, -0.2) is 0 Å². The summed E-state index contributed by atoms with van der Waals surface area (Å²) in [7, 11) is 0. The molecule has 0 N–H and O–H groups in total. The lowest BCUT2D eigenvalue weighted by molar-refractivity contribution is -0.384. The average molecular weight is 298 g/mol. The standard InChI is InChI=1S/C17H18N2O3/c1-12-4-9-17(13(2)10-12)14(3)18-22-11-15-5-7-16(8-6-15)19(20)21/h4-10H,11H2,1-3H3/b18-14+. The van der Waals surface area contributed by atoms with E-state index in [1.807, 2.05) is 32.9 Å². The third-order valence-corrected chi connectivity index (χ3v) is 3.35. The molecule has 0 aliphatic rings. The normalized spacial score (nSPS) is 11.3. The van der Waals surface area contributed by atoms with Gasteiger partial charge in [-0.15, -0.1) is 0 Å². The fraction of sp³-hybridized carbons (Fsp3) is 0.235. The van der Waals surface area contributed by atoms with Gasteiger partial charge in [0.25, 0.3) is 5.69 Å². The molecule has 2 rings (SSSR count). The van der Waals surface area contributed by atoms with E-state index < -0.39 is 4.92 Å². The Kier molecular flexibility index (Phi) is 4.88. The molecule has 0 aliphatic carbocycles. The summed E-state index contributed by atoms with van der Waals surface area (Å²) in [5, 5.41) is 14.7. The van der Waals surface area contributed by atoms with E-state index in [0.29, 0.717) is 0 Å². The molecule has 0 amide bonds.